The van der Waals surface area contributed by atoms with Gasteiger partial charge in [0.15, 0.2) is 0 Å². The summed E-state index contributed by atoms with van der Waals surface area (Å²) in [6, 6.07) is 13.8. The molecule has 1 aliphatic rings. The standard InChI is InChI=1S/C23H27N5O/c1-16-17(2)25-20-15-18(9-10-19(20)24-16)23(29)28-14-13-27(12-11-26(3)4)21-7-5-6-8-22(21)28/h5-10,15H,11-14H2,1-4H3. The second-order valence-electron chi connectivity index (χ2n) is 7.83. The fourth-order valence-corrected chi connectivity index (χ4v) is 3.70. The minimum Gasteiger partial charge on any atom is -0.367 e. The van der Waals surface area contributed by atoms with Crippen LogP contribution in [0.1, 0.15) is 21.7 Å². The van der Waals surface area contributed by atoms with E-state index in [2.05, 4.69) is 39.9 Å². The summed E-state index contributed by atoms with van der Waals surface area (Å²) in [5.41, 5.74) is 6.11. The third-order valence-electron chi connectivity index (χ3n) is 5.49. The van der Waals surface area contributed by atoms with Gasteiger partial charge in [0.1, 0.15) is 0 Å². The number of carbonyl (C=O) groups is 1. The zero-order valence-electron chi connectivity index (χ0n) is 17.5. The smallest absolute Gasteiger partial charge is 0.258 e. The average Bonchev–Trinajstić information content (AvgIpc) is 2.72. The number of amides is 1. The van der Waals surface area contributed by atoms with Gasteiger partial charge in [-0.2, -0.15) is 0 Å². The molecular formula is C23H27N5O. The normalized spacial score (nSPS) is 13.8. The van der Waals surface area contributed by atoms with Crippen LogP contribution in [0.5, 0.6) is 0 Å². The molecule has 0 bridgehead atoms. The molecule has 1 aliphatic heterocycles. The minimum atomic E-state index is 0.00615. The van der Waals surface area contributed by atoms with Crippen LogP contribution >= 0.6 is 0 Å². The van der Waals surface area contributed by atoms with Gasteiger partial charge in [-0.25, -0.2) is 9.97 Å². The molecule has 2 heterocycles. The van der Waals surface area contributed by atoms with Crippen LogP contribution < -0.4 is 9.80 Å². The van der Waals surface area contributed by atoms with Crippen molar-refractivity contribution in [2.24, 2.45) is 0 Å². The van der Waals surface area contributed by atoms with Gasteiger partial charge in [-0.15, -0.1) is 0 Å². The molecule has 0 aliphatic carbocycles. The zero-order valence-corrected chi connectivity index (χ0v) is 17.5. The lowest BCUT2D eigenvalue weighted by Crippen LogP contribution is -2.45. The highest BCUT2D eigenvalue weighted by Gasteiger charge is 2.27. The molecule has 150 valence electrons. The molecule has 6 heteroatoms. The number of aromatic nitrogens is 2. The van der Waals surface area contributed by atoms with Gasteiger partial charge in [-0.05, 0) is 58.3 Å². The Morgan fingerprint density at radius 1 is 0.966 bits per heavy atom. The molecule has 1 amide bonds. The van der Waals surface area contributed by atoms with E-state index < -0.39 is 0 Å². The molecule has 0 spiro atoms. The summed E-state index contributed by atoms with van der Waals surface area (Å²) >= 11 is 0. The Labute approximate surface area is 171 Å². The first-order chi connectivity index (χ1) is 13.9. The van der Waals surface area contributed by atoms with Crippen molar-refractivity contribution in [3.8, 4) is 0 Å². The van der Waals surface area contributed by atoms with Crippen molar-refractivity contribution in [2.75, 3.05) is 50.1 Å². The van der Waals surface area contributed by atoms with Crippen LogP contribution in [-0.4, -0.2) is 61.0 Å². The number of benzene rings is 2. The molecule has 0 fully saturated rings. The van der Waals surface area contributed by atoms with E-state index in [-0.39, 0.29) is 5.91 Å². The van der Waals surface area contributed by atoms with Crippen LogP contribution in [0.15, 0.2) is 42.5 Å². The molecule has 0 N–H and O–H groups in total. The van der Waals surface area contributed by atoms with Crippen LogP contribution in [-0.2, 0) is 0 Å². The first kappa shape index (κ1) is 19.3. The highest BCUT2D eigenvalue weighted by atomic mass is 16.2. The van der Waals surface area contributed by atoms with Crippen molar-refractivity contribution in [3.05, 3.63) is 59.4 Å². The SMILES string of the molecule is Cc1nc2ccc(C(=O)N3CCN(CCN(C)C)c4ccccc43)cc2nc1C. The Bertz CT molecular complexity index is 1060. The summed E-state index contributed by atoms with van der Waals surface area (Å²) in [5, 5.41) is 0. The van der Waals surface area contributed by atoms with Gasteiger partial charge >= 0.3 is 0 Å². The van der Waals surface area contributed by atoms with Crippen LogP contribution in [0, 0.1) is 13.8 Å². The van der Waals surface area contributed by atoms with E-state index in [9.17, 15) is 4.79 Å². The number of carbonyl (C=O) groups excluding carboxylic acids is 1. The van der Waals surface area contributed by atoms with E-state index in [0.29, 0.717) is 12.1 Å². The van der Waals surface area contributed by atoms with Crippen molar-refractivity contribution in [1.82, 2.24) is 14.9 Å². The lowest BCUT2D eigenvalue weighted by atomic mass is 10.1. The van der Waals surface area contributed by atoms with E-state index in [0.717, 1.165) is 53.4 Å². The van der Waals surface area contributed by atoms with E-state index >= 15 is 0 Å². The molecule has 0 radical (unpaired) electrons. The van der Waals surface area contributed by atoms with Crippen molar-refractivity contribution < 1.29 is 4.79 Å². The molecule has 29 heavy (non-hydrogen) atoms. The second-order valence-corrected chi connectivity index (χ2v) is 7.83. The van der Waals surface area contributed by atoms with Crippen molar-refractivity contribution in [1.29, 1.82) is 0 Å². The van der Waals surface area contributed by atoms with E-state index in [1.54, 1.807) is 0 Å². The van der Waals surface area contributed by atoms with E-state index in [1.807, 2.05) is 55.1 Å². The molecule has 1 aromatic heterocycles. The molecule has 0 saturated heterocycles. The Morgan fingerprint density at radius 2 is 1.66 bits per heavy atom. The second kappa shape index (κ2) is 7.79. The number of fused-ring (bicyclic) bond motifs is 2. The van der Waals surface area contributed by atoms with E-state index in [1.165, 1.54) is 0 Å². The fourth-order valence-electron chi connectivity index (χ4n) is 3.70. The Kier molecular flexibility index (Phi) is 5.20. The maximum absolute atomic E-state index is 13.4. The molecule has 0 unspecified atom stereocenters. The largest absolute Gasteiger partial charge is 0.367 e. The fraction of sp³-hybridized carbons (Fsp3) is 0.348. The number of anilines is 2. The molecule has 2 aromatic carbocycles. The predicted molar refractivity (Wildman–Crippen MR) is 118 cm³/mol. The highest BCUT2D eigenvalue weighted by Crippen LogP contribution is 2.33. The Hall–Kier alpha value is -2.99. The van der Waals surface area contributed by atoms with Crippen molar-refractivity contribution in [3.63, 3.8) is 0 Å². The molecular weight excluding hydrogens is 362 g/mol. The lowest BCUT2D eigenvalue weighted by molar-refractivity contribution is 0.0986. The van der Waals surface area contributed by atoms with Gasteiger partial charge in [0.05, 0.1) is 33.8 Å². The summed E-state index contributed by atoms with van der Waals surface area (Å²) in [7, 11) is 4.16. The predicted octanol–water partition coefficient (Wildman–Crippen LogP) is 3.28. The van der Waals surface area contributed by atoms with E-state index in [4.69, 9.17) is 0 Å². The van der Waals surface area contributed by atoms with Gasteiger partial charge in [0.2, 0.25) is 0 Å². The summed E-state index contributed by atoms with van der Waals surface area (Å²) in [6.07, 6.45) is 0. The first-order valence-corrected chi connectivity index (χ1v) is 9.99. The minimum absolute atomic E-state index is 0.00615. The Balaban J connectivity index is 1.65. The summed E-state index contributed by atoms with van der Waals surface area (Å²) in [6.45, 7) is 7.30. The number of aryl methyl sites for hydroxylation is 2. The lowest BCUT2D eigenvalue weighted by Gasteiger charge is -2.38. The number of rotatable bonds is 4. The Morgan fingerprint density at radius 3 is 2.38 bits per heavy atom. The van der Waals surface area contributed by atoms with Gasteiger partial charge in [0.25, 0.3) is 5.91 Å². The topological polar surface area (TPSA) is 52.6 Å². The van der Waals surface area contributed by atoms with Gasteiger partial charge in [-0.1, -0.05) is 12.1 Å². The van der Waals surface area contributed by atoms with Crippen LogP contribution in [0.3, 0.4) is 0 Å². The number of hydrogen-bond acceptors (Lipinski definition) is 5. The van der Waals surface area contributed by atoms with Gasteiger partial charge in [-0.3, -0.25) is 4.79 Å². The molecule has 0 saturated carbocycles. The average molecular weight is 390 g/mol. The quantitative estimate of drug-likeness (QED) is 0.685. The van der Waals surface area contributed by atoms with Crippen molar-refractivity contribution in [2.45, 2.75) is 13.8 Å². The number of likely N-dealkylation sites (N-methyl/N-ethyl adjacent to an activating group) is 1. The molecule has 0 atom stereocenters. The van der Waals surface area contributed by atoms with Gasteiger partial charge in [0, 0.05) is 31.7 Å². The highest BCUT2D eigenvalue weighted by molar-refractivity contribution is 6.09. The van der Waals surface area contributed by atoms with Crippen molar-refractivity contribution >= 4 is 28.3 Å². The third-order valence-corrected chi connectivity index (χ3v) is 5.49. The van der Waals surface area contributed by atoms with Crippen LogP contribution in [0.4, 0.5) is 11.4 Å². The monoisotopic (exact) mass is 389 g/mol. The van der Waals surface area contributed by atoms with Crippen LogP contribution in [0.25, 0.3) is 11.0 Å². The maximum atomic E-state index is 13.4. The number of para-hydroxylation sites is 2. The molecule has 6 nitrogen and oxygen atoms in total. The zero-order chi connectivity index (χ0) is 20.5. The summed E-state index contributed by atoms with van der Waals surface area (Å²) in [5.74, 6) is 0.00615. The molecule has 3 aromatic rings. The maximum Gasteiger partial charge on any atom is 0.258 e. The number of nitrogens with zero attached hydrogens (tertiary/aromatic N) is 5. The number of hydrogen-bond donors (Lipinski definition) is 0. The van der Waals surface area contributed by atoms with Gasteiger partial charge < -0.3 is 14.7 Å². The molecule has 4 rings (SSSR count). The first-order valence-electron chi connectivity index (χ1n) is 9.99. The third kappa shape index (κ3) is 3.80. The van der Waals surface area contributed by atoms with Crippen LogP contribution in [0.2, 0.25) is 0 Å². The summed E-state index contributed by atoms with van der Waals surface area (Å²) < 4.78 is 0. The summed E-state index contributed by atoms with van der Waals surface area (Å²) in [4.78, 5) is 29.0.